The van der Waals surface area contributed by atoms with E-state index >= 15 is 0 Å². The van der Waals surface area contributed by atoms with Crippen LogP contribution in [0.1, 0.15) is 24.5 Å². The second-order valence-corrected chi connectivity index (χ2v) is 4.59. The Morgan fingerprint density at radius 3 is 2.47 bits per heavy atom. The fraction of sp³-hybridized carbons (Fsp3) is 0.444. The predicted molar refractivity (Wildman–Crippen MR) is 57.3 cm³/mol. The number of halogens is 4. The van der Waals surface area contributed by atoms with Crippen LogP contribution in [0.5, 0.6) is 0 Å². The number of nitrogens with one attached hydrogen (secondary N) is 1. The molecule has 0 aliphatic carbocycles. The molecule has 0 saturated heterocycles. The summed E-state index contributed by atoms with van der Waals surface area (Å²) in [6.07, 6.45) is -3.28. The van der Waals surface area contributed by atoms with E-state index in [-0.39, 0.29) is 5.82 Å². The highest BCUT2D eigenvalue weighted by Gasteiger charge is 2.48. The van der Waals surface area contributed by atoms with Crippen molar-refractivity contribution in [1.29, 1.82) is 0 Å². The summed E-state index contributed by atoms with van der Waals surface area (Å²) in [5.41, 5.74) is -2.34. The van der Waals surface area contributed by atoms with Gasteiger partial charge in [0.15, 0.2) is 0 Å². The standard InChI is InChI=1S/C9H9BrF3N3O/c1-8(2,9(11,12)13)16-7(17)6-14-4-3-5(10)15-6/h3-4H,1-2H3,(H,16,17). The third kappa shape index (κ3) is 3.39. The molecule has 1 heterocycles. The normalized spacial score (nSPS) is 12.4. The lowest BCUT2D eigenvalue weighted by molar-refractivity contribution is -0.182. The van der Waals surface area contributed by atoms with Crippen LogP contribution in [0.25, 0.3) is 0 Å². The zero-order valence-corrected chi connectivity index (χ0v) is 10.6. The van der Waals surface area contributed by atoms with Gasteiger partial charge in [-0.2, -0.15) is 13.2 Å². The molecule has 0 atom stereocenters. The number of hydrogen-bond acceptors (Lipinski definition) is 3. The molecule has 0 spiro atoms. The Bertz CT molecular complexity index is 434. The lowest BCUT2D eigenvalue weighted by Crippen LogP contribution is -2.54. The quantitative estimate of drug-likeness (QED) is 0.853. The summed E-state index contributed by atoms with van der Waals surface area (Å²) in [5.74, 6) is -1.30. The van der Waals surface area contributed by atoms with Gasteiger partial charge in [-0.05, 0) is 35.8 Å². The molecule has 0 radical (unpaired) electrons. The Labute approximate surface area is 104 Å². The zero-order valence-electron chi connectivity index (χ0n) is 8.97. The van der Waals surface area contributed by atoms with Gasteiger partial charge < -0.3 is 5.32 Å². The lowest BCUT2D eigenvalue weighted by atomic mass is 10.1. The van der Waals surface area contributed by atoms with Gasteiger partial charge in [0.05, 0.1) is 0 Å². The van der Waals surface area contributed by atoms with Crippen molar-refractivity contribution in [2.75, 3.05) is 0 Å². The van der Waals surface area contributed by atoms with Crippen LogP contribution >= 0.6 is 15.9 Å². The number of carbonyl (C=O) groups excluding carboxylic acids is 1. The van der Waals surface area contributed by atoms with Crippen LogP contribution in [0.3, 0.4) is 0 Å². The number of rotatable bonds is 2. The number of aromatic nitrogens is 2. The van der Waals surface area contributed by atoms with Gasteiger partial charge in [-0.15, -0.1) is 0 Å². The molecular formula is C9H9BrF3N3O. The van der Waals surface area contributed by atoms with Crippen molar-refractivity contribution in [2.45, 2.75) is 25.6 Å². The van der Waals surface area contributed by atoms with Crippen LogP contribution in [0.15, 0.2) is 16.9 Å². The van der Waals surface area contributed by atoms with Crippen molar-refractivity contribution in [1.82, 2.24) is 15.3 Å². The third-order valence-corrected chi connectivity index (χ3v) is 2.40. The van der Waals surface area contributed by atoms with E-state index < -0.39 is 17.6 Å². The summed E-state index contributed by atoms with van der Waals surface area (Å²) >= 11 is 3.00. The van der Waals surface area contributed by atoms with E-state index in [0.717, 1.165) is 13.8 Å². The number of nitrogens with zero attached hydrogens (tertiary/aromatic N) is 2. The molecule has 94 valence electrons. The summed E-state index contributed by atoms with van der Waals surface area (Å²) in [5, 5.41) is 1.83. The van der Waals surface area contributed by atoms with Crippen molar-refractivity contribution in [3.05, 3.63) is 22.7 Å². The maximum atomic E-state index is 12.5. The number of carbonyl (C=O) groups is 1. The Hall–Kier alpha value is -1.18. The fourth-order valence-electron chi connectivity index (χ4n) is 0.857. The first-order chi connectivity index (χ1) is 7.63. The topological polar surface area (TPSA) is 54.9 Å². The molecule has 1 aromatic heterocycles. The van der Waals surface area contributed by atoms with Gasteiger partial charge in [-0.1, -0.05) is 0 Å². The SMILES string of the molecule is CC(C)(NC(=O)c1nccc(Br)n1)C(F)(F)F. The van der Waals surface area contributed by atoms with E-state index in [1.165, 1.54) is 12.3 Å². The van der Waals surface area contributed by atoms with Crippen molar-refractivity contribution < 1.29 is 18.0 Å². The average molecular weight is 312 g/mol. The molecule has 8 heteroatoms. The summed E-state index contributed by atoms with van der Waals surface area (Å²) < 4.78 is 37.9. The molecule has 1 N–H and O–H groups in total. The molecule has 0 aliphatic heterocycles. The molecule has 0 aromatic carbocycles. The van der Waals surface area contributed by atoms with E-state index in [9.17, 15) is 18.0 Å². The third-order valence-electron chi connectivity index (χ3n) is 1.96. The van der Waals surface area contributed by atoms with Crippen LogP contribution in [-0.2, 0) is 0 Å². The Kier molecular flexibility index (Phi) is 3.75. The van der Waals surface area contributed by atoms with Crippen molar-refractivity contribution in [3.63, 3.8) is 0 Å². The molecule has 4 nitrogen and oxygen atoms in total. The van der Waals surface area contributed by atoms with Crippen LogP contribution in [0.2, 0.25) is 0 Å². The highest BCUT2D eigenvalue weighted by molar-refractivity contribution is 9.10. The Morgan fingerprint density at radius 1 is 1.41 bits per heavy atom. The van der Waals surface area contributed by atoms with E-state index in [4.69, 9.17) is 0 Å². The van der Waals surface area contributed by atoms with Gasteiger partial charge in [-0.25, -0.2) is 9.97 Å². The van der Waals surface area contributed by atoms with E-state index in [1.807, 2.05) is 5.32 Å². The first-order valence-corrected chi connectivity index (χ1v) is 5.30. The van der Waals surface area contributed by atoms with Gasteiger partial charge >= 0.3 is 6.18 Å². The minimum atomic E-state index is -4.55. The molecule has 0 unspecified atom stereocenters. The molecule has 1 aromatic rings. The van der Waals surface area contributed by atoms with E-state index in [1.54, 1.807) is 0 Å². The summed E-state index contributed by atoms with van der Waals surface area (Å²) in [4.78, 5) is 18.8. The maximum absolute atomic E-state index is 12.5. The highest BCUT2D eigenvalue weighted by atomic mass is 79.9. The maximum Gasteiger partial charge on any atom is 0.410 e. The monoisotopic (exact) mass is 311 g/mol. The zero-order chi connectivity index (χ0) is 13.3. The van der Waals surface area contributed by atoms with E-state index in [2.05, 4.69) is 25.9 Å². The van der Waals surface area contributed by atoms with E-state index in [0.29, 0.717) is 4.60 Å². The first kappa shape index (κ1) is 13.9. The molecule has 1 rings (SSSR count). The molecule has 1 amide bonds. The largest absolute Gasteiger partial charge is 0.410 e. The van der Waals surface area contributed by atoms with Crippen LogP contribution in [0, 0.1) is 0 Å². The lowest BCUT2D eigenvalue weighted by Gasteiger charge is -2.28. The fourth-order valence-corrected chi connectivity index (χ4v) is 1.14. The van der Waals surface area contributed by atoms with Crippen LogP contribution in [0.4, 0.5) is 13.2 Å². The predicted octanol–water partition coefficient (Wildman–Crippen LogP) is 2.31. The van der Waals surface area contributed by atoms with Gasteiger partial charge in [0.2, 0.25) is 5.82 Å². The number of amides is 1. The molecule has 0 bridgehead atoms. The molecule has 0 fully saturated rings. The minimum Gasteiger partial charge on any atom is -0.336 e. The Morgan fingerprint density at radius 2 is 2.00 bits per heavy atom. The van der Waals surface area contributed by atoms with Crippen molar-refractivity contribution in [2.24, 2.45) is 0 Å². The van der Waals surface area contributed by atoms with Crippen molar-refractivity contribution >= 4 is 21.8 Å². The van der Waals surface area contributed by atoms with Gasteiger partial charge in [0.1, 0.15) is 10.1 Å². The van der Waals surface area contributed by atoms with Gasteiger partial charge in [0.25, 0.3) is 5.91 Å². The van der Waals surface area contributed by atoms with Gasteiger partial charge in [0, 0.05) is 6.20 Å². The highest BCUT2D eigenvalue weighted by Crippen LogP contribution is 2.29. The van der Waals surface area contributed by atoms with Crippen LogP contribution < -0.4 is 5.32 Å². The second kappa shape index (κ2) is 4.59. The Balaban J connectivity index is 2.87. The average Bonchev–Trinajstić information content (AvgIpc) is 2.15. The smallest absolute Gasteiger partial charge is 0.336 e. The van der Waals surface area contributed by atoms with Crippen molar-refractivity contribution in [3.8, 4) is 0 Å². The van der Waals surface area contributed by atoms with Gasteiger partial charge in [-0.3, -0.25) is 4.79 Å². The number of alkyl halides is 3. The number of hydrogen-bond donors (Lipinski definition) is 1. The minimum absolute atomic E-state index is 0.322. The molecular weight excluding hydrogens is 303 g/mol. The summed E-state index contributed by atoms with van der Waals surface area (Å²) in [6, 6.07) is 1.46. The first-order valence-electron chi connectivity index (χ1n) is 4.51. The second-order valence-electron chi connectivity index (χ2n) is 3.78. The molecule has 17 heavy (non-hydrogen) atoms. The van der Waals surface area contributed by atoms with Crippen LogP contribution in [-0.4, -0.2) is 27.6 Å². The molecule has 0 saturated carbocycles. The molecule has 0 aliphatic rings. The summed E-state index contributed by atoms with van der Waals surface area (Å²) in [6.45, 7) is 1.73. The summed E-state index contributed by atoms with van der Waals surface area (Å²) in [7, 11) is 0.